The van der Waals surface area contributed by atoms with Crippen molar-refractivity contribution in [3.63, 3.8) is 0 Å². The summed E-state index contributed by atoms with van der Waals surface area (Å²) >= 11 is 5.53. The van der Waals surface area contributed by atoms with Crippen LogP contribution >= 0.6 is 11.6 Å². The molecule has 0 N–H and O–H groups in total. The van der Waals surface area contributed by atoms with E-state index < -0.39 is 31.7 Å². The van der Waals surface area contributed by atoms with Crippen LogP contribution in [0.3, 0.4) is 0 Å². The second-order valence-electron chi connectivity index (χ2n) is 5.39. The Kier molecular flexibility index (Phi) is 5.27. The van der Waals surface area contributed by atoms with Gasteiger partial charge in [-0.15, -0.1) is 0 Å². The zero-order valence-electron chi connectivity index (χ0n) is 12.9. The van der Waals surface area contributed by atoms with Gasteiger partial charge in [0, 0.05) is 13.6 Å². The maximum absolute atomic E-state index is 12.9. The Bertz CT molecular complexity index is 833. The molecule has 24 heavy (non-hydrogen) atoms. The van der Waals surface area contributed by atoms with Crippen LogP contribution in [0.2, 0.25) is 5.02 Å². The highest BCUT2D eigenvalue weighted by atomic mass is 35.5. The van der Waals surface area contributed by atoms with Gasteiger partial charge in [0.1, 0.15) is 0 Å². The van der Waals surface area contributed by atoms with Crippen molar-refractivity contribution >= 4 is 21.6 Å². The molecular weight excluding hydrogens is 363 g/mol. The molecule has 0 atom stereocenters. The maximum Gasteiger partial charge on any atom is 0.417 e. The van der Waals surface area contributed by atoms with Gasteiger partial charge in [0.05, 0.1) is 15.5 Å². The first-order valence-corrected chi connectivity index (χ1v) is 8.72. The minimum Gasteiger partial charge on any atom is -0.207 e. The van der Waals surface area contributed by atoms with Crippen molar-refractivity contribution in [1.29, 1.82) is 0 Å². The van der Waals surface area contributed by atoms with E-state index in [1.165, 1.54) is 7.05 Å². The lowest BCUT2D eigenvalue weighted by Crippen LogP contribution is -2.26. The van der Waals surface area contributed by atoms with Crippen molar-refractivity contribution in [2.24, 2.45) is 0 Å². The van der Waals surface area contributed by atoms with E-state index in [-0.39, 0.29) is 6.54 Å². The van der Waals surface area contributed by atoms with Crippen LogP contribution in [0.5, 0.6) is 0 Å². The zero-order valence-corrected chi connectivity index (χ0v) is 14.5. The Morgan fingerprint density at radius 2 is 1.67 bits per heavy atom. The summed E-state index contributed by atoms with van der Waals surface area (Å²) in [6.45, 7) is 1.95. The second-order valence-corrected chi connectivity index (χ2v) is 7.84. The molecule has 0 bridgehead atoms. The van der Waals surface area contributed by atoms with Crippen molar-refractivity contribution in [3.05, 3.63) is 64.2 Å². The number of benzene rings is 2. The van der Waals surface area contributed by atoms with Crippen LogP contribution in [0.1, 0.15) is 16.7 Å². The van der Waals surface area contributed by atoms with Gasteiger partial charge in [-0.05, 0) is 30.7 Å². The highest BCUT2D eigenvalue weighted by Crippen LogP contribution is 2.36. The van der Waals surface area contributed by atoms with Gasteiger partial charge in [0.15, 0.2) is 0 Å². The molecule has 8 heteroatoms. The Morgan fingerprint density at radius 3 is 2.21 bits per heavy atom. The summed E-state index contributed by atoms with van der Waals surface area (Å²) in [5.74, 6) is 0. The standard InChI is InChI=1S/C16H15ClF3NO2S/c1-11-3-5-12(6-4-11)10-21(2)24(22,23)13-7-8-15(17)14(9-13)16(18,19)20/h3-9H,10H2,1-2H3. The van der Waals surface area contributed by atoms with Crippen LogP contribution in [0.15, 0.2) is 47.4 Å². The van der Waals surface area contributed by atoms with Crippen LogP contribution in [-0.2, 0) is 22.7 Å². The molecule has 2 aromatic rings. The number of halogens is 4. The lowest BCUT2D eigenvalue weighted by atomic mass is 10.1. The van der Waals surface area contributed by atoms with Gasteiger partial charge in [-0.2, -0.15) is 17.5 Å². The van der Waals surface area contributed by atoms with E-state index in [4.69, 9.17) is 11.6 Å². The van der Waals surface area contributed by atoms with E-state index >= 15 is 0 Å². The highest BCUT2D eigenvalue weighted by Gasteiger charge is 2.35. The van der Waals surface area contributed by atoms with Crippen LogP contribution in [0.25, 0.3) is 0 Å². The van der Waals surface area contributed by atoms with Gasteiger partial charge in [-0.3, -0.25) is 0 Å². The Morgan fingerprint density at radius 1 is 1.08 bits per heavy atom. The molecule has 0 saturated carbocycles. The number of hydrogen-bond acceptors (Lipinski definition) is 2. The van der Waals surface area contributed by atoms with Gasteiger partial charge >= 0.3 is 6.18 Å². The van der Waals surface area contributed by atoms with Crippen LogP contribution in [0, 0.1) is 6.92 Å². The summed E-state index contributed by atoms with van der Waals surface area (Å²) in [7, 11) is -2.76. The molecule has 0 spiro atoms. The largest absolute Gasteiger partial charge is 0.417 e. The number of rotatable bonds is 4. The van der Waals surface area contributed by atoms with E-state index in [9.17, 15) is 21.6 Å². The molecule has 2 rings (SSSR count). The summed E-state index contributed by atoms with van der Waals surface area (Å²) in [6.07, 6.45) is -4.72. The summed E-state index contributed by atoms with van der Waals surface area (Å²) < 4.78 is 64.7. The summed E-state index contributed by atoms with van der Waals surface area (Å²) in [5, 5.41) is -0.539. The summed E-state index contributed by atoms with van der Waals surface area (Å²) in [6, 6.07) is 9.77. The molecule has 0 aliphatic carbocycles. The fraction of sp³-hybridized carbons (Fsp3) is 0.250. The quantitative estimate of drug-likeness (QED) is 0.787. The van der Waals surface area contributed by atoms with Gasteiger partial charge in [0.25, 0.3) is 0 Å². The highest BCUT2D eigenvalue weighted by molar-refractivity contribution is 7.89. The minimum absolute atomic E-state index is 0.0482. The van der Waals surface area contributed by atoms with Gasteiger partial charge in [-0.25, -0.2) is 8.42 Å². The summed E-state index contributed by atoms with van der Waals surface area (Å²) in [5.41, 5.74) is 0.586. The molecule has 3 nitrogen and oxygen atoms in total. The lowest BCUT2D eigenvalue weighted by molar-refractivity contribution is -0.137. The van der Waals surface area contributed by atoms with Crippen LogP contribution in [-0.4, -0.2) is 19.8 Å². The molecular formula is C16H15ClF3NO2S. The van der Waals surface area contributed by atoms with Gasteiger partial charge < -0.3 is 0 Å². The van der Waals surface area contributed by atoms with Crippen molar-refractivity contribution < 1.29 is 21.6 Å². The topological polar surface area (TPSA) is 37.4 Å². The molecule has 0 radical (unpaired) electrons. The smallest absolute Gasteiger partial charge is 0.207 e. The SMILES string of the molecule is Cc1ccc(CN(C)S(=O)(=O)c2ccc(Cl)c(C(F)(F)F)c2)cc1. The van der Waals surface area contributed by atoms with Crippen molar-refractivity contribution in [3.8, 4) is 0 Å². The number of hydrogen-bond donors (Lipinski definition) is 0. The fourth-order valence-electron chi connectivity index (χ4n) is 2.10. The lowest BCUT2D eigenvalue weighted by Gasteiger charge is -2.19. The first-order valence-electron chi connectivity index (χ1n) is 6.90. The molecule has 0 saturated heterocycles. The van der Waals surface area contributed by atoms with E-state index in [1.807, 2.05) is 19.1 Å². The number of aryl methyl sites for hydroxylation is 1. The van der Waals surface area contributed by atoms with Crippen LogP contribution in [0.4, 0.5) is 13.2 Å². The fourth-order valence-corrected chi connectivity index (χ4v) is 3.51. The second kappa shape index (κ2) is 6.74. The first-order chi connectivity index (χ1) is 11.0. The molecule has 0 fully saturated rings. The summed E-state index contributed by atoms with van der Waals surface area (Å²) in [4.78, 5) is -0.450. The third-order valence-electron chi connectivity index (χ3n) is 3.48. The number of alkyl halides is 3. The predicted octanol–water partition coefficient (Wildman–Crippen LogP) is 4.49. The average Bonchev–Trinajstić information content (AvgIpc) is 2.48. The molecule has 0 amide bonds. The first kappa shape index (κ1) is 18.8. The third-order valence-corrected chi connectivity index (χ3v) is 5.61. The van der Waals surface area contributed by atoms with Crippen molar-refractivity contribution in [1.82, 2.24) is 4.31 Å². The Balaban J connectivity index is 2.34. The van der Waals surface area contributed by atoms with Crippen molar-refractivity contribution in [2.75, 3.05) is 7.05 Å². The third kappa shape index (κ3) is 4.09. The Labute approximate surface area is 143 Å². The van der Waals surface area contributed by atoms with E-state index in [0.717, 1.165) is 27.6 Å². The average molecular weight is 378 g/mol. The van der Waals surface area contributed by atoms with Crippen LogP contribution < -0.4 is 0 Å². The van der Waals surface area contributed by atoms with Gasteiger partial charge in [0.2, 0.25) is 10.0 Å². The zero-order chi connectivity index (χ0) is 18.1. The molecule has 130 valence electrons. The maximum atomic E-state index is 12.9. The van der Waals surface area contributed by atoms with E-state index in [0.29, 0.717) is 6.07 Å². The normalized spacial score (nSPS) is 12.6. The molecule has 0 aromatic heterocycles. The number of sulfonamides is 1. The van der Waals surface area contributed by atoms with Gasteiger partial charge in [-0.1, -0.05) is 41.4 Å². The van der Waals surface area contributed by atoms with E-state index in [2.05, 4.69) is 0 Å². The molecule has 0 unspecified atom stereocenters. The van der Waals surface area contributed by atoms with E-state index in [1.54, 1.807) is 12.1 Å². The molecule has 0 aliphatic rings. The Hall–Kier alpha value is -1.57. The minimum atomic E-state index is -4.72. The predicted molar refractivity (Wildman–Crippen MR) is 86.3 cm³/mol. The van der Waals surface area contributed by atoms with Crippen molar-refractivity contribution in [2.45, 2.75) is 24.5 Å². The molecule has 0 heterocycles. The molecule has 2 aromatic carbocycles. The number of nitrogens with zero attached hydrogens (tertiary/aromatic N) is 1. The monoisotopic (exact) mass is 377 g/mol. The molecule has 0 aliphatic heterocycles.